The average molecular weight is 279 g/mol. The normalized spacial score (nSPS) is 19.6. The molecule has 0 radical (unpaired) electrons. The van der Waals surface area contributed by atoms with E-state index in [1.807, 2.05) is 26.0 Å². The first-order chi connectivity index (χ1) is 9.63. The molecule has 1 fully saturated rings. The maximum absolute atomic E-state index is 9.42. The fraction of sp³-hybridized carbons (Fsp3) is 0.625. The molecule has 4 nitrogen and oxygen atoms in total. The first kappa shape index (κ1) is 15.1. The predicted molar refractivity (Wildman–Crippen MR) is 79.3 cm³/mol. The van der Waals surface area contributed by atoms with E-state index in [-0.39, 0.29) is 18.8 Å². The van der Waals surface area contributed by atoms with Gasteiger partial charge in [0.2, 0.25) is 0 Å². The highest BCUT2D eigenvalue weighted by Gasteiger charge is 2.24. The molecular weight excluding hydrogens is 254 g/mol. The molecule has 2 rings (SSSR count). The molecule has 1 N–H and O–H groups in total. The minimum absolute atomic E-state index is 0.132. The second-order valence-electron chi connectivity index (χ2n) is 5.59. The number of nitrogens with zero attached hydrogens (tertiary/aromatic N) is 1. The van der Waals surface area contributed by atoms with Crippen LogP contribution in [0.5, 0.6) is 11.5 Å². The molecule has 0 aliphatic carbocycles. The Kier molecular flexibility index (Phi) is 5.26. The van der Waals surface area contributed by atoms with Gasteiger partial charge in [-0.1, -0.05) is 6.07 Å². The lowest BCUT2D eigenvalue weighted by molar-refractivity contribution is 0.151. The van der Waals surface area contributed by atoms with Crippen LogP contribution in [-0.4, -0.2) is 42.4 Å². The minimum Gasteiger partial charge on any atom is -0.497 e. The monoisotopic (exact) mass is 279 g/mol. The van der Waals surface area contributed by atoms with E-state index in [1.54, 1.807) is 7.11 Å². The van der Waals surface area contributed by atoms with Gasteiger partial charge in [0, 0.05) is 24.2 Å². The summed E-state index contributed by atoms with van der Waals surface area (Å²) in [6.45, 7) is 6.14. The summed E-state index contributed by atoms with van der Waals surface area (Å²) >= 11 is 0. The largest absolute Gasteiger partial charge is 0.497 e. The van der Waals surface area contributed by atoms with E-state index in [4.69, 9.17) is 9.47 Å². The summed E-state index contributed by atoms with van der Waals surface area (Å²) in [5.41, 5.74) is 1.15. The van der Waals surface area contributed by atoms with Gasteiger partial charge in [-0.05, 0) is 39.3 Å². The van der Waals surface area contributed by atoms with Crippen LogP contribution in [0.3, 0.4) is 0 Å². The third kappa shape index (κ3) is 3.64. The molecule has 0 spiro atoms. The van der Waals surface area contributed by atoms with Gasteiger partial charge in [-0.25, -0.2) is 0 Å². The summed E-state index contributed by atoms with van der Waals surface area (Å²) in [6, 6.07) is 6.25. The maximum atomic E-state index is 9.42. The predicted octanol–water partition coefficient (Wildman–Crippen LogP) is 2.44. The summed E-state index contributed by atoms with van der Waals surface area (Å²) in [4.78, 5) is 2.33. The molecule has 20 heavy (non-hydrogen) atoms. The topological polar surface area (TPSA) is 41.9 Å². The summed E-state index contributed by atoms with van der Waals surface area (Å²) in [6.07, 6.45) is 2.36. The number of hydrogen-bond acceptors (Lipinski definition) is 4. The van der Waals surface area contributed by atoms with Crippen LogP contribution < -0.4 is 9.47 Å². The number of ether oxygens (including phenoxy) is 2. The molecule has 0 aromatic heterocycles. The lowest BCUT2D eigenvalue weighted by Gasteiger charge is -2.24. The van der Waals surface area contributed by atoms with Gasteiger partial charge >= 0.3 is 0 Å². The van der Waals surface area contributed by atoms with Gasteiger partial charge in [-0.15, -0.1) is 0 Å². The van der Waals surface area contributed by atoms with E-state index >= 15 is 0 Å². The Hall–Kier alpha value is -1.26. The Labute approximate surface area is 121 Å². The van der Waals surface area contributed by atoms with E-state index in [0.717, 1.165) is 43.0 Å². The van der Waals surface area contributed by atoms with Crippen LogP contribution in [0.1, 0.15) is 32.3 Å². The third-order valence-electron chi connectivity index (χ3n) is 3.72. The van der Waals surface area contributed by atoms with Crippen LogP contribution in [0.2, 0.25) is 0 Å². The van der Waals surface area contributed by atoms with Crippen molar-refractivity contribution in [2.24, 2.45) is 0 Å². The molecule has 1 saturated heterocycles. The molecule has 1 aliphatic rings. The van der Waals surface area contributed by atoms with Crippen LogP contribution in [-0.2, 0) is 6.54 Å². The first-order valence-corrected chi connectivity index (χ1v) is 7.32. The van der Waals surface area contributed by atoms with Crippen molar-refractivity contribution in [3.05, 3.63) is 23.8 Å². The molecule has 1 aliphatic heterocycles. The van der Waals surface area contributed by atoms with Crippen LogP contribution in [0.4, 0.5) is 0 Å². The quantitative estimate of drug-likeness (QED) is 0.868. The van der Waals surface area contributed by atoms with Gasteiger partial charge in [-0.2, -0.15) is 0 Å². The fourth-order valence-electron chi connectivity index (χ4n) is 2.68. The molecule has 1 aromatic rings. The highest BCUT2D eigenvalue weighted by Crippen LogP contribution is 2.29. The van der Waals surface area contributed by atoms with Crippen LogP contribution in [0.15, 0.2) is 18.2 Å². The number of rotatable bonds is 6. The minimum atomic E-state index is 0.132. The molecule has 1 atom stereocenters. The van der Waals surface area contributed by atoms with E-state index in [2.05, 4.69) is 11.0 Å². The zero-order valence-electron chi connectivity index (χ0n) is 12.6. The van der Waals surface area contributed by atoms with Gasteiger partial charge in [0.1, 0.15) is 11.5 Å². The fourth-order valence-corrected chi connectivity index (χ4v) is 2.68. The lowest BCUT2D eigenvalue weighted by atomic mass is 10.1. The average Bonchev–Trinajstić information content (AvgIpc) is 2.87. The van der Waals surface area contributed by atoms with Gasteiger partial charge in [-0.3, -0.25) is 4.90 Å². The Morgan fingerprint density at radius 2 is 2.20 bits per heavy atom. The Morgan fingerprint density at radius 3 is 2.85 bits per heavy atom. The number of methoxy groups -OCH3 is 1. The lowest BCUT2D eigenvalue weighted by Crippen LogP contribution is -2.31. The van der Waals surface area contributed by atoms with Gasteiger partial charge in [0.05, 0.1) is 19.8 Å². The molecule has 0 unspecified atom stereocenters. The van der Waals surface area contributed by atoms with Crippen LogP contribution >= 0.6 is 0 Å². The molecule has 0 bridgehead atoms. The van der Waals surface area contributed by atoms with Crippen molar-refractivity contribution < 1.29 is 14.6 Å². The third-order valence-corrected chi connectivity index (χ3v) is 3.72. The van der Waals surface area contributed by atoms with Crippen molar-refractivity contribution in [2.45, 2.75) is 45.4 Å². The van der Waals surface area contributed by atoms with Crippen molar-refractivity contribution in [1.82, 2.24) is 4.90 Å². The second kappa shape index (κ2) is 6.95. The maximum Gasteiger partial charge on any atom is 0.127 e. The molecule has 1 heterocycles. The number of likely N-dealkylation sites (tertiary alicyclic amines) is 1. The molecule has 0 saturated carbocycles. The number of aliphatic hydroxyl groups excluding tert-OH is 1. The zero-order valence-corrected chi connectivity index (χ0v) is 12.6. The van der Waals surface area contributed by atoms with Crippen molar-refractivity contribution in [2.75, 3.05) is 20.3 Å². The summed E-state index contributed by atoms with van der Waals surface area (Å²) < 4.78 is 11.2. The SMILES string of the molecule is COc1ccc(CN2CCC[C@H]2CO)c(OC(C)C)c1. The number of aliphatic hydroxyl groups is 1. The van der Waals surface area contributed by atoms with E-state index in [1.165, 1.54) is 0 Å². The zero-order chi connectivity index (χ0) is 14.5. The van der Waals surface area contributed by atoms with Crippen LogP contribution in [0, 0.1) is 0 Å². The molecule has 1 aromatic carbocycles. The van der Waals surface area contributed by atoms with Crippen molar-refractivity contribution in [3.63, 3.8) is 0 Å². The first-order valence-electron chi connectivity index (χ1n) is 7.32. The highest BCUT2D eigenvalue weighted by atomic mass is 16.5. The standard InChI is InChI=1S/C16H25NO3/c1-12(2)20-16-9-15(19-3)7-6-13(16)10-17-8-4-5-14(17)11-18/h6-7,9,12,14,18H,4-5,8,10-11H2,1-3H3/t14-/m0/s1. The number of hydrogen-bond donors (Lipinski definition) is 1. The van der Waals surface area contributed by atoms with Gasteiger partial charge < -0.3 is 14.6 Å². The number of benzene rings is 1. The Balaban J connectivity index is 2.17. The molecular formula is C16H25NO3. The molecule has 4 heteroatoms. The van der Waals surface area contributed by atoms with Crippen molar-refractivity contribution in [3.8, 4) is 11.5 Å². The Morgan fingerprint density at radius 1 is 1.40 bits per heavy atom. The smallest absolute Gasteiger partial charge is 0.127 e. The van der Waals surface area contributed by atoms with Crippen molar-refractivity contribution >= 4 is 0 Å². The Bertz CT molecular complexity index is 434. The van der Waals surface area contributed by atoms with E-state index in [0.29, 0.717) is 0 Å². The van der Waals surface area contributed by atoms with E-state index in [9.17, 15) is 5.11 Å². The summed E-state index contributed by atoms with van der Waals surface area (Å²) in [5.74, 6) is 1.69. The summed E-state index contributed by atoms with van der Waals surface area (Å²) in [7, 11) is 1.66. The summed E-state index contributed by atoms with van der Waals surface area (Å²) in [5, 5.41) is 9.42. The van der Waals surface area contributed by atoms with Crippen LogP contribution in [0.25, 0.3) is 0 Å². The molecule has 112 valence electrons. The second-order valence-corrected chi connectivity index (χ2v) is 5.59. The van der Waals surface area contributed by atoms with E-state index < -0.39 is 0 Å². The van der Waals surface area contributed by atoms with Gasteiger partial charge in [0.15, 0.2) is 0 Å². The van der Waals surface area contributed by atoms with Crippen molar-refractivity contribution in [1.29, 1.82) is 0 Å². The molecule has 0 amide bonds. The highest BCUT2D eigenvalue weighted by molar-refractivity contribution is 5.41. The van der Waals surface area contributed by atoms with Gasteiger partial charge in [0.25, 0.3) is 0 Å².